The maximum atomic E-state index is 12.1. The minimum Gasteiger partial charge on any atom is -0.394 e. The number of amides is 1. The highest BCUT2D eigenvalue weighted by Crippen LogP contribution is 2.09. The SMILES string of the molecule is CCc1ccccc1C(=O)NC(CO)CCOC. The molecule has 1 amide bonds. The van der Waals surface area contributed by atoms with Crippen LogP contribution in [0.5, 0.6) is 0 Å². The molecule has 18 heavy (non-hydrogen) atoms. The number of nitrogens with one attached hydrogen (secondary N) is 1. The van der Waals surface area contributed by atoms with E-state index >= 15 is 0 Å². The van der Waals surface area contributed by atoms with Crippen LogP contribution in [0.25, 0.3) is 0 Å². The number of rotatable bonds is 7. The molecule has 0 heterocycles. The van der Waals surface area contributed by atoms with E-state index in [4.69, 9.17) is 4.74 Å². The molecule has 0 fully saturated rings. The molecule has 0 saturated carbocycles. The highest BCUT2D eigenvalue weighted by molar-refractivity contribution is 5.95. The van der Waals surface area contributed by atoms with E-state index in [0.29, 0.717) is 18.6 Å². The van der Waals surface area contributed by atoms with E-state index in [1.807, 2.05) is 25.1 Å². The normalized spacial score (nSPS) is 12.2. The number of benzene rings is 1. The molecule has 1 aromatic rings. The van der Waals surface area contributed by atoms with Gasteiger partial charge in [-0.1, -0.05) is 25.1 Å². The monoisotopic (exact) mass is 251 g/mol. The predicted molar refractivity (Wildman–Crippen MR) is 70.7 cm³/mol. The summed E-state index contributed by atoms with van der Waals surface area (Å²) in [6.45, 7) is 2.45. The van der Waals surface area contributed by atoms with Crippen molar-refractivity contribution in [3.8, 4) is 0 Å². The zero-order valence-corrected chi connectivity index (χ0v) is 11.0. The lowest BCUT2D eigenvalue weighted by atomic mass is 10.0. The van der Waals surface area contributed by atoms with Crippen molar-refractivity contribution in [3.63, 3.8) is 0 Å². The average Bonchev–Trinajstić information content (AvgIpc) is 2.43. The fourth-order valence-electron chi connectivity index (χ4n) is 1.78. The quantitative estimate of drug-likeness (QED) is 0.769. The van der Waals surface area contributed by atoms with Gasteiger partial charge in [0, 0.05) is 19.3 Å². The van der Waals surface area contributed by atoms with Crippen LogP contribution >= 0.6 is 0 Å². The van der Waals surface area contributed by atoms with Crippen LogP contribution in [-0.4, -0.2) is 37.4 Å². The van der Waals surface area contributed by atoms with Gasteiger partial charge in [-0.3, -0.25) is 4.79 Å². The summed E-state index contributed by atoms with van der Waals surface area (Å²) in [4.78, 5) is 12.1. The number of hydrogen-bond donors (Lipinski definition) is 2. The number of methoxy groups -OCH3 is 1. The third-order valence-corrected chi connectivity index (χ3v) is 2.87. The van der Waals surface area contributed by atoms with Gasteiger partial charge in [0.25, 0.3) is 5.91 Å². The summed E-state index contributed by atoms with van der Waals surface area (Å²) in [6, 6.07) is 7.25. The number of aryl methyl sites for hydroxylation is 1. The molecule has 1 rings (SSSR count). The lowest BCUT2D eigenvalue weighted by Crippen LogP contribution is -2.38. The van der Waals surface area contributed by atoms with Crippen molar-refractivity contribution in [2.24, 2.45) is 0 Å². The van der Waals surface area contributed by atoms with E-state index in [0.717, 1.165) is 12.0 Å². The van der Waals surface area contributed by atoms with Crippen molar-refractivity contribution in [1.82, 2.24) is 5.32 Å². The summed E-state index contributed by atoms with van der Waals surface area (Å²) in [7, 11) is 1.60. The van der Waals surface area contributed by atoms with Gasteiger partial charge in [0.1, 0.15) is 0 Å². The molecule has 0 aliphatic rings. The Morgan fingerprint density at radius 3 is 2.78 bits per heavy atom. The molecular formula is C14H21NO3. The molecule has 0 aromatic heterocycles. The molecule has 4 nitrogen and oxygen atoms in total. The lowest BCUT2D eigenvalue weighted by molar-refractivity contribution is 0.0894. The molecule has 1 unspecified atom stereocenters. The van der Waals surface area contributed by atoms with Crippen LogP contribution in [0.2, 0.25) is 0 Å². The fourth-order valence-corrected chi connectivity index (χ4v) is 1.78. The first-order valence-corrected chi connectivity index (χ1v) is 6.21. The third kappa shape index (κ3) is 4.13. The third-order valence-electron chi connectivity index (χ3n) is 2.87. The number of hydrogen-bond acceptors (Lipinski definition) is 3. The molecule has 0 saturated heterocycles. The van der Waals surface area contributed by atoms with Gasteiger partial charge in [0.15, 0.2) is 0 Å². The minimum atomic E-state index is -0.262. The number of aliphatic hydroxyl groups excluding tert-OH is 1. The Bertz CT molecular complexity index is 379. The number of ether oxygens (including phenoxy) is 1. The first kappa shape index (κ1) is 14.7. The van der Waals surface area contributed by atoms with Crippen molar-refractivity contribution < 1.29 is 14.6 Å². The maximum Gasteiger partial charge on any atom is 0.251 e. The molecule has 0 aliphatic heterocycles. The fraction of sp³-hybridized carbons (Fsp3) is 0.500. The van der Waals surface area contributed by atoms with E-state index in [9.17, 15) is 9.90 Å². The number of carbonyl (C=O) groups excluding carboxylic acids is 1. The van der Waals surface area contributed by atoms with Gasteiger partial charge in [-0.25, -0.2) is 0 Å². The summed E-state index contributed by atoms with van der Waals surface area (Å²) in [5, 5.41) is 12.0. The van der Waals surface area contributed by atoms with E-state index in [-0.39, 0.29) is 18.6 Å². The Labute approximate surface area is 108 Å². The first-order valence-electron chi connectivity index (χ1n) is 6.21. The van der Waals surface area contributed by atoms with Crippen LogP contribution in [0.1, 0.15) is 29.3 Å². The van der Waals surface area contributed by atoms with Gasteiger partial charge in [0.2, 0.25) is 0 Å². The van der Waals surface area contributed by atoms with Crippen LogP contribution in [0.3, 0.4) is 0 Å². The zero-order valence-electron chi connectivity index (χ0n) is 11.0. The standard InChI is InChI=1S/C14H21NO3/c1-3-11-6-4-5-7-13(11)14(17)15-12(10-16)8-9-18-2/h4-7,12,16H,3,8-10H2,1-2H3,(H,15,17). The largest absolute Gasteiger partial charge is 0.394 e. The summed E-state index contributed by atoms with van der Waals surface area (Å²) >= 11 is 0. The summed E-state index contributed by atoms with van der Waals surface area (Å²) in [5.74, 6) is -0.136. The molecule has 4 heteroatoms. The van der Waals surface area contributed by atoms with Crippen LogP contribution in [0.15, 0.2) is 24.3 Å². The zero-order chi connectivity index (χ0) is 13.4. The minimum absolute atomic E-state index is 0.0800. The molecule has 0 bridgehead atoms. The molecule has 0 aliphatic carbocycles. The Morgan fingerprint density at radius 1 is 1.44 bits per heavy atom. The van der Waals surface area contributed by atoms with Crippen LogP contribution < -0.4 is 5.32 Å². The van der Waals surface area contributed by atoms with E-state index in [2.05, 4.69) is 5.32 Å². The molecule has 100 valence electrons. The highest BCUT2D eigenvalue weighted by Gasteiger charge is 2.14. The summed E-state index contributed by atoms with van der Waals surface area (Å²) in [5.41, 5.74) is 1.69. The van der Waals surface area contributed by atoms with E-state index in [1.54, 1.807) is 13.2 Å². The van der Waals surface area contributed by atoms with Crippen LogP contribution in [0, 0.1) is 0 Å². The Kier molecular flexibility index (Phi) is 6.39. The Balaban J connectivity index is 2.68. The average molecular weight is 251 g/mol. The lowest BCUT2D eigenvalue weighted by Gasteiger charge is -2.17. The Morgan fingerprint density at radius 2 is 2.17 bits per heavy atom. The van der Waals surface area contributed by atoms with Gasteiger partial charge < -0.3 is 15.2 Å². The van der Waals surface area contributed by atoms with Crippen molar-refractivity contribution in [2.75, 3.05) is 20.3 Å². The second kappa shape index (κ2) is 7.84. The number of aliphatic hydroxyl groups is 1. The van der Waals surface area contributed by atoms with Crippen molar-refractivity contribution in [3.05, 3.63) is 35.4 Å². The van der Waals surface area contributed by atoms with E-state index < -0.39 is 0 Å². The molecule has 0 spiro atoms. The summed E-state index contributed by atoms with van der Waals surface area (Å²) < 4.78 is 4.94. The highest BCUT2D eigenvalue weighted by atomic mass is 16.5. The van der Waals surface area contributed by atoms with Crippen molar-refractivity contribution >= 4 is 5.91 Å². The van der Waals surface area contributed by atoms with E-state index in [1.165, 1.54) is 0 Å². The van der Waals surface area contributed by atoms with Gasteiger partial charge >= 0.3 is 0 Å². The molecule has 2 N–H and O–H groups in total. The molecule has 0 radical (unpaired) electrons. The second-order valence-electron chi connectivity index (χ2n) is 4.15. The maximum absolute atomic E-state index is 12.1. The predicted octanol–water partition coefficient (Wildman–Crippen LogP) is 1.38. The summed E-state index contributed by atoms with van der Waals surface area (Å²) in [6.07, 6.45) is 1.42. The smallest absolute Gasteiger partial charge is 0.251 e. The Hall–Kier alpha value is -1.39. The van der Waals surface area contributed by atoms with Crippen molar-refractivity contribution in [1.29, 1.82) is 0 Å². The van der Waals surface area contributed by atoms with Crippen LogP contribution in [0.4, 0.5) is 0 Å². The van der Waals surface area contributed by atoms with Gasteiger partial charge in [0.05, 0.1) is 12.6 Å². The topological polar surface area (TPSA) is 58.6 Å². The van der Waals surface area contributed by atoms with Crippen molar-refractivity contribution in [2.45, 2.75) is 25.8 Å². The first-order chi connectivity index (χ1) is 8.72. The van der Waals surface area contributed by atoms with Gasteiger partial charge in [-0.2, -0.15) is 0 Å². The van der Waals surface area contributed by atoms with Gasteiger partial charge in [-0.15, -0.1) is 0 Å². The molecule has 1 aromatic carbocycles. The number of carbonyl (C=O) groups is 1. The second-order valence-corrected chi connectivity index (χ2v) is 4.15. The van der Waals surface area contributed by atoms with Crippen LogP contribution in [-0.2, 0) is 11.2 Å². The molecule has 1 atom stereocenters. The van der Waals surface area contributed by atoms with Gasteiger partial charge in [-0.05, 0) is 24.5 Å². The molecular weight excluding hydrogens is 230 g/mol.